The van der Waals surface area contributed by atoms with Crippen molar-refractivity contribution in [2.24, 2.45) is 0 Å². The molecule has 0 bridgehead atoms. The van der Waals surface area contributed by atoms with Gasteiger partial charge in [-0.05, 0) is 56.7 Å². The first kappa shape index (κ1) is 30.4. The Morgan fingerprint density at radius 3 is 2.12 bits per heavy atom. The lowest BCUT2D eigenvalue weighted by Gasteiger charge is -2.41. The van der Waals surface area contributed by atoms with Gasteiger partial charge in [0.25, 0.3) is 10.0 Å². The zero-order valence-corrected chi connectivity index (χ0v) is 24.0. The normalized spacial score (nSPS) is 16.4. The molecule has 0 radical (unpaired) electrons. The van der Waals surface area contributed by atoms with Crippen LogP contribution in [-0.4, -0.2) is 33.4 Å². The van der Waals surface area contributed by atoms with Crippen LogP contribution in [0.3, 0.4) is 0 Å². The second-order valence-electron chi connectivity index (χ2n) is 9.39. The highest BCUT2D eigenvalue weighted by molar-refractivity contribution is 7.91. The maximum atomic E-state index is 14.2. The van der Waals surface area contributed by atoms with Crippen molar-refractivity contribution in [1.82, 2.24) is 4.31 Å². The number of furan rings is 1. The Morgan fingerprint density at radius 2 is 1.60 bits per heavy atom. The Kier molecular flexibility index (Phi) is 7.48. The highest BCUT2D eigenvalue weighted by Crippen LogP contribution is 2.45. The van der Waals surface area contributed by atoms with Gasteiger partial charge in [0.2, 0.25) is 0 Å². The summed E-state index contributed by atoms with van der Waals surface area (Å²) >= 11 is 0. The summed E-state index contributed by atoms with van der Waals surface area (Å²) in [6, 6.07) is 8.30. The SMILES string of the molecule is CC1=C(C#N)[C@@H](c2ccc(C#N)cc2S(C)(=O)=O)N(S(=O)(=O)c2cc(C)oc2C)C(=O)N1c1cccc(C(F)(F)F)c1. The second kappa shape index (κ2) is 10.3. The van der Waals surface area contributed by atoms with Crippen LogP contribution in [0.2, 0.25) is 0 Å². The summed E-state index contributed by atoms with van der Waals surface area (Å²) in [6.07, 6.45) is -4.01. The van der Waals surface area contributed by atoms with E-state index in [9.17, 15) is 45.3 Å². The smallest absolute Gasteiger partial charge is 0.416 e. The summed E-state index contributed by atoms with van der Waals surface area (Å²) in [5.74, 6) is 0.0295. The molecular weight excluding hydrogens is 597 g/mol. The number of rotatable bonds is 5. The maximum absolute atomic E-state index is 14.2. The van der Waals surface area contributed by atoms with Crippen molar-refractivity contribution in [1.29, 1.82) is 10.5 Å². The first-order valence-electron chi connectivity index (χ1n) is 11.9. The van der Waals surface area contributed by atoms with Crippen molar-refractivity contribution in [3.63, 3.8) is 0 Å². The number of alkyl halides is 3. The van der Waals surface area contributed by atoms with Crippen molar-refractivity contribution in [3.05, 3.63) is 88.0 Å². The van der Waals surface area contributed by atoms with Crippen LogP contribution in [0.25, 0.3) is 0 Å². The average molecular weight is 619 g/mol. The Hall–Kier alpha value is -4.60. The molecule has 218 valence electrons. The third-order valence-electron chi connectivity index (χ3n) is 6.53. The molecule has 0 spiro atoms. The van der Waals surface area contributed by atoms with E-state index < -0.39 is 59.0 Å². The summed E-state index contributed by atoms with van der Waals surface area (Å²) in [4.78, 5) is 13.8. The summed E-state index contributed by atoms with van der Waals surface area (Å²) in [7, 11) is -9.14. The molecule has 0 N–H and O–H groups in total. The van der Waals surface area contributed by atoms with E-state index in [4.69, 9.17) is 4.42 Å². The molecule has 1 aliphatic rings. The summed E-state index contributed by atoms with van der Waals surface area (Å²) in [5, 5.41) is 19.6. The van der Waals surface area contributed by atoms with Crippen molar-refractivity contribution in [2.45, 2.75) is 42.8 Å². The van der Waals surface area contributed by atoms with E-state index in [1.807, 2.05) is 6.07 Å². The molecule has 3 aromatic rings. The fourth-order valence-electron chi connectivity index (χ4n) is 4.70. The number of carbonyl (C=O) groups excluding carboxylic acids is 1. The molecule has 0 saturated carbocycles. The number of nitrogens with zero attached hydrogens (tertiary/aromatic N) is 4. The van der Waals surface area contributed by atoms with Crippen LogP contribution in [0.5, 0.6) is 0 Å². The Bertz CT molecular complexity index is 1970. The van der Waals surface area contributed by atoms with Crippen molar-refractivity contribution >= 4 is 31.6 Å². The molecule has 1 atom stereocenters. The number of benzene rings is 2. The van der Waals surface area contributed by atoms with Gasteiger partial charge in [-0.15, -0.1) is 0 Å². The minimum absolute atomic E-state index is 0.0955. The van der Waals surface area contributed by atoms with Gasteiger partial charge in [-0.1, -0.05) is 12.1 Å². The minimum atomic E-state index is -4.96. The lowest BCUT2D eigenvalue weighted by Crippen LogP contribution is -2.52. The number of hydrogen-bond acceptors (Lipinski definition) is 8. The van der Waals surface area contributed by atoms with Crippen LogP contribution in [0.1, 0.15) is 41.2 Å². The number of hydrogen-bond donors (Lipinski definition) is 0. The quantitative estimate of drug-likeness (QED) is 0.371. The molecule has 15 heteroatoms. The first-order chi connectivity index (χ1) is 19.4. The number of allylic oxidation sites excluding steroid dienone is 1. The van der Waals surface area contributed by atoms with Gasteiger partial charge >= 0.3 is 12.2 Å². The van der Waals surface area contributed by atoms with Crippen LogP contribution in [0, 0.1) is 36.5 Å². The third-order valence-corrected chi connectivity index (χ3v) is 9.53. The third kappa shape index (κ3) is 5.13. The molecule has 0 aliphatic carbocycles. The van der Waals surface area contributed by atoms with Gasteiger partial charge < -0.3 is 4.42 Å². The lowest BCUT2D eigenvalue weighted by atomic mass is 9.94. The van der Waals surface area contributed by atoms with Gasteiger partial charge in [-0.3, -0.25) is 4.90 Å². The number of sulfone groups is 1. The molecule has 0 unspecified atom stereocenters. The largest absolute Gasteiger partial charge is 0.465 e. The van der Waals surface area contributed by atoms with Gasteiger partial charge in [0.15, 0.2) is 9.84 Å². The number of urea groups is 1. The number of carbonyl (C=O) groups is 1. The Labute approximate surface area is 239 Å². The van der Waals surface area contributed by atoms with Crippen LogP contribution in [0.4, 0.5) is 23.7 Å². The number of anilines is 1. The van der Waals surface area contributed by atoms with Gasteiger partial charge in [-0.25, -0.2) is 25.9 Å². The average Bonchev–Trinajstić information content (AvgIpc) is 3.25. The minimum Gasteiger partial charge on any atom is -0.465 e. The van der Waals surface area contributed by atoms with E-state index in [1.54, 1.807) is 6.07 Å². The molecule has 1 aliphatic heterocycles. The zero-order valence-electron chi connectivity index (χ0n) is 22.4. The Morgan fingerprint density at radius 1 is 0.929 bits per heavy atom. The van der Waals surface area contributed by atoms with Crippen LogP contribution in [0.15, 0.2) is 74.0 Å². The Balaban J connectivity index is 2.13. The summed E-state index contributed by atoms with van der Waals surface area (Å²) in [6.45, 7) is 3.98. The van der Waals surface area contributed by atoms with E-state index in [-0.39, 0.29) is 38.3 Å². The van der Waals surface area contributed by atoms with Crippen LogP contribution in [-0.2, 0) is 26.0 Å². The first-order valence-corrected chi connectivity index (χ1v) is 15.2. The zero-order chi connectivity index (χ0) is 31.4. The lowest BCUT2D eigenvalue weighted by molar-refractivity contribution is -0.137. The highest BCUT2D eigenvalue weighted by atomic mass is 32.2. The van der Waals surface area contributed by atoms with E-state index in [1.165, 1.54) is 26.8 Å². The molecule has 2 heterocycles. The van der Waals surface area contributed by atoms with E-state index in [0.29, 0.717) is 11.0 Å². The predicted octanol–water partition coefficient (Wildman–Crippen LogP) is 5.36. The number of halogens is 3. The molecular formula is C27H21F3N4O6S2. The number of nitriles is 2. The van der Waals surface area contributed by atoms with E-state index >= 15 is 0 Å². The predicted molar refractivity (Wildman–Crippen MR) is 142 cm³/mol. The summed E-state index contributed by atoms with van der Waals surface area (Å²) in [5.41, 5.74) is -2.61. The summed E-state index contributed by atoms with van der Waals surface area (Å²) < 4.78 is 100. The molecule has 1 aromatic heterocycles. The fraction of sp³-hybridized carbons (Fsp3) is 0.222. The number of aryl methyl sites for hydroxylation is 2. The standard InChI is InChI=1S/C27H21F3N4O6S2/c1-15-10-23(17(3)40-15)42(38,39)34-25(21-9-8-18(13-31)11-24(21)41(4,36)37)22(14-32)16(2)33(26(34)35)20-7-5-6-19(12-20)27(28,29)30/h5-12,25H,1-4H3/t25-/m1/s1. The molecule has 2 aromatic carbocycles. The van der Waals surface area contributed by atoms with Gasteiger partial charge in [0.05, 0.1) is 39.4 Å². The highest BCUT2D eigenvalue weighted by Gasteiger charge is 2.49. The fourth-order valence-corrected chi connectivity index (χ4v) is 7.36. The number of sulfonamides is 1. The van der Waals surface area contributed by atoms with Crippen LogP contribution < -0.4 is 4.90 Å². The van der Waals surface area contributed by atoms with Crippen LogP contribution >= 0.6 is 0 Å². The maximum Gasteiger partial charge on any atom is 0.416 e. The van der Waals surface area contributed by atoms with E-state index in [2.05, 4.69) is 0 Å². The molecule has 0 saturated heterocycles. The topological polar surface area (TPSA) is 153 Å². The van der Waals surface area contributed by atoms with Crippen molar-refractivity contribution in [2.75, 3.05) is 11.2 Å². The number of amides is 2. The van der Waals surface area contributed by atoms with Gasteiger partial charge in [0.1, 0.15) is 22.5 Å². The second-order valence-corrected chi connectivity index (χ2v) is 13.2. The van der Waals surface area contributed by atoms with Gasteiger partial charge in [-0.2, -0.15) is 23.7 Å². The molecule has 2 amide bonds. The van der Waals surface area contributed by atoms with E-state index in [0.717, 1.165) is 42.7 Å². The molecule has 10 nitrogen and oxygen atoms in total. The molecule has 0 fully saturated rings. The molecule has 42 heavy (non-hydrogen) atoms. The van der Waals surface area contributed by atoms with Gasteiger partial charge in [0, 0.05) is 18.0 Å². The van der Waals surface area contributed by atoms with Crippen molar-refractivity contribution < 1.29 is 39.2 Å². The monoisotopic (exact) mass is 618 g/mol. The van der Waals surface area contributed by atoms with Crippen molar-refractivity contribution in [3.8, 4) is 12.1 Å². The molecule has 4 rings (SSSR count).